The van der Waals surface area contributed by atoms with Gasteiger partial charge in [0, 0.05) is 44.3 Å². The monoisotopic (exact) mass is 500 g/mol. The predicted octanol–water partition coefficient (Wildman–Crippen LogP) is 4.27. The van der Waals surface area contributed by atoms with E-state index in [-0.39, 0.29) is 17.5 Å². The molecule has 2 fully saturated rings. The molecular weight excluding hydrogens is 468 g/mol. The van der Waals surface area contributed by atoms with Gasteiger partial charge in [0.05, 0.1) is 5.69 Å². The molecule has 0 radical (unpaired) electrons. The third kappa shape index (κ3) is 5.88. The fourth-order valence-electron chi connectivity index (χ4n) is 4.28. The molecule has 0 atom stereocenters. The number of nitrogens with one attached hydrogen (secondary N) is 1. The van der Waals surface area contributed by atoms with Crippen molar-refractivity contribution in [3.8, 4) is 17.5 Å². The molecule has 0 amide bonds. The smallest absolute Gasteiger partial charge is 0.340 e. The third-order valence-electron chi connectivity index (χ3n) is 6.54. The molecule has 11 heteroatoms. The molecule has 2 heterocycles. The number of nitrogens with zero attached hydrogens (tertiary/aromatic N) is 3. The lowest BCUT2D eigenvalue weighted by Gasteiger charge is -2.36. The van der Waals surface area contributed by atoms with Gasteiger partial charge in [-0.25, -0.2) is 8.78 Å². The standard InChI is InChI=1S/C24H32F4N4O3/c1-16-20(29-17-7-8-17)22(34)32(21(16)33)10-4-9-30-11-13-31(14-12-30)18-5-2-3-6-19(18)35-15-24(27,28)23(25)26/h2-3,5-6,17,23,29,33-34H,4,7-15H2,1H3. The maximum atomic E-state index is 13.3. The van der Waals surface area contributed by atoms with E-state index in [2.05, 4.69) is 10.2 Å². The lowest BCUT2D eigenvalue weighted by atomic mass is 10.2. The Hall–Kier alpha value is -2.82. The lowest BCUT2D eigenvalue weighted by molar-refractivity contribution is -0.148. The molecule has 1 saturated carbocycles. The van der Waals surface area contributed by atoms with Gasteiger partial charge in [0.25, 0.3) is 0 Å². The van der Waals surface area contributed by atoms with Crippen molar-refractivity contribution < 1.29 is 32.5 Å². The minimum Gasteiger partial charge on any atom is -0.494 e. The summed E-state index contributed by atoms with van der Waals surface area (Å²) in [4.78, 5) is 4.24. The molecule has 1 aliphatic carbocycles. The zero-order chi connectivity index (χ0) is 25.2. The van der Waals surface area contributed by atoms with Crippen LogP contribution in [-0.4, -0.2) is 77.4 Å². The summed E-state index contributed by atoms with van der Waals surface area (Å²) in [6.45, 7) is 4.33. The molecule has 7 nitrogen and oxygen atoms in total. The third-order valence-corrected chi connectivity index (χ3v) is 6.54. The molecule has 194 valence electrons. The van der Waals surface area contributed by atoms with Crippen LogP contribution in [0, 0.1) is 6.92 Å². The molecule has 35 heavy (non-hydrogen) atoms. The molecule has 3 N–H and O–H groups in total. The fourth-order valence-corrected chi connectivity index (χ4v) is 4.28. The fraction of sp³-hybridized carbons (Fsp3) is 0.583. The summed E-state index contributed by atoms with van der Waals surface area (Å²) < 4.78 is 58.1. The van der Waals surface area contributed by atoms with Crippen molar-refractivity contribution in [3.63, 3.8) is 0 Å². The first-order valence-electron chi connectivity index (χ1n) is 11.9. The van der Waals surface area contributed by atoms with E-state index in [1.165, 1.54) is 10.6 Å². The number of para-hydroxylation sites is 2. The van der Waals surface area contributed by atoms with E-state index in [4.69, 9.17) is 4.74 Å². The highest BCUT2D eigenvalue weighted by Crippen LogP contribution is 2.40. The number of aromatic nitrogens is 1. The number of rotatable bonds is 11. The summed E-state index contributed by atoms with van der Waals surface area (Å²) in [6.07, 6.45) is -0.926. The summed E-state index contributed by atoms with van der Waals surface area (Å²) in [5.41, 5.74) is 1.85. The number of alkyl halides is 4. The highest BCUT2D eigenvalue weighted by atomic mass is 19.3. The number of aromatic hydroxyl groups is 2. The Morgan fingerprint density at radius 3 is 2.40 bits per heavy atom. The van der Waals surface area contributed by atoms with Crippen molar-refractivity contribution in [1.29, 1.82) is 0 Å². The van der Waals surface area contributed by atoms with E-state index < -0.39 is 19.0 Å². The summed E-state index contributed by atoms with van der Waals surface area (Å²) in [5.74, 6) is -3.91. The minimum atomic E-state index is -4.21. The molecule has 1 aliphatic heterocycles. The van der Waals surface area contributed by atoms with Gasteiger partial charge in [-0.2, -0.15) is 8.78 Å². The zero-order valence-electron chi connectivity index (χ0n) is 19.7. The van der Waals surface area contributed by atoms with Crippen molar-refractivity contribution in [2.45, 2.75) is 51.1 Å². The van der Waals surface area contributed by atoms with Crippen LogP contribution in [0.2, 0.25) is 0 Å². The summed E-state index contributed by atoms with van der Waals surface area (Å²) >= 11 is 0. The quantitative estimate of drug-likeness (QED) is 0.400. The van der Waals surface area contributed by atoms with Crippen molar-refractivity contribution in [1.82, 2.24) is 9.47 Å². The Labute approximate surface area is 201 Å². The van der Waals surface area contributed by atoms with Crippen LogP contribution in [0.1, 0.15) is 24.8 Å². The first-order chi connectivity index (χ1) is 16.7. The number of piperazine rings is 1. The number of ether oxygens (including phenoxy) is 1. The van der Waals surface area contributed by atoms with E-state index >= 15 is 0 Å². The van der Waals surface area contributed by atoms with Gasteiger partial charge in [-0.1, -0.05) is 12.1 Å². The Balaban J connectivity index is 1.27. The van der Waals surface area contributed by atoms with E-state index in [9.17, 15) is 27.8 Å². The highest BCUT2D eigenvalue weighted by Gasteiger charge is 2.42. The Morgan fingerprint density at radius 1 is 1.06 bits per heavy atom. The second-order valence-electron chi connectivity index (χ2n) is 9.22. The molecule has 4 rings (SSSR count). The average molecular weight is 501 g/mol. The second-order valence-corrected chi connectivity index (χ2v) is 9.22. The molecule has 0 spiro atoms. The summed E-state index contributed by atoms with van der Waals surface area (Å²) in [6, 6.07) is 6.98. The lowest BCUT2D eigenvalue weighted by Crippen LogP contribution is -2.47. The topological polar surface area (TPSA) is 73.1 Å². The number of benzene rings is 1. The van der Waals surface area contributed by atoms with Gasteiger partial charge >= 0.3 is 12.3 Å². The van der Waals surface area contributed by atoms with Crippen molar-refractivity contribution in [2.75, 3.05) is 49.5 Å². The highest BCUT2D eigenvalue weighted by molar-refractivity contribution is 5.65. The van der Waals surface area contributed by atoms with E-state index in [1.54, 1.807) is 25.1 Å². The van der Waals surface area contributed by atoms with Crippen LogP contribution in [0.15, 0.2) is 24.3 Å². The number of hydrogen-bond acceptors (Lipinski definition) is 6. The van der Waals surface area contributed by atoms with E-state index in [0.29, 0.717) is 42.6 Å². The van der Waals surface area contributed by atoms with Gasteiger partial charge in [-0.05, 0) is 44.9 Å². The first kappa shape index (κ1) is 25.3. The molecule has 1 saturated heterocycles. The number of anilines is 2. The second kappa shape index (κ2) is 10.4. The largest absolute Gasteiger partial charge is 0.494 e. The maximum Gasteiger partial charge on any atom is 0.340 e. The van der Waals surface area contributed by atoms with Gasteiger partial charge in [0.2, 0.25) is 5.88 Å². The molecule has 2 aliphatic rings. The SMILES string of the molecule is Cc1c(NC2CC2)c(O)n(CCCN2CCN(c3ccccc3OCC(F)(F)C(F)F)CC2)c1O. The van der Waals surface area contributed by atoms with Crippen LogP contribution in [0.25, 0.3) is 0 Å². The van der Waals surface area contributed by atoms with Crippen molar-refractivity contribution in [2.24, 2.45) is 0 Å². The molecular formula is C24H32F4N4O3. The van der Waals surface area contributed by atoms with Crippen LogP contribution in [-0.2, 0) is 6.54 Å². The molecule has 1 aromatic heterocycles. The van der Waals surface area contributed by atoms with Crippen LogP contribution in [0.4, 0.5) is 28.9 Å². The van der Waals surface area contributed by atoms with E-state index in [0.717, 1.165) is 38.9 Å². The van der Waals surface area contributed by atoms with Crippen LogP contribution in [0.3, 0.4) is 0 Å². The first-order valence-corrected chi connectivity index (χ1v) is 11.9. The zero-order valence-corrected chi connectivity index (χ0v) is 19.7. The van der Waals surface area contributed by atoms with Gasteiger partial charge < -0.3 is 25.2 Å². The average Bonchev–Trinajstić information content (AvgIpc) is 3.64. The van der Waals surface area contributed by atoms with Crippen LogP contribution in [0.5, 0.6) is 17.5 Å². The minimum absolute atomic E-state index is 0.0609. The Bertz CT molecular complexity index is 1000. The molecule has 0 unspecified atom stereocenters. The molecule has 0 bridgehead atoms. The van der Waals surface area contributed by atoms with Gasteiger partial charge in [-0.3, -0.25) is 9.47 Å². The number of halogens is 4. The van der Waals surface area contributed by atoms with Crippen LogP contribution < -0.4 is 15.0 Å². The van der Waals surface area contributed by atoms with Gasteiger partial charge in [0.15, 0.2) is 12.5 Å². The molecule has 2 aromatic rings. The van der Waals surface area contributed by atoms with Crippen molar-refractivity contribution in [3.05, 3.63) is 29.8 Å². The predicted molar refractivity (Wildman–Crippen MR) is 125 cm³/mol. The maximum absolute atomic E-state index is 13.3. The summed E-state index contributed by atoms with van der Waals surface area (Å²) in [7, 11) is 0. The molecule has 1 aromatic carbocycles. The Morgan fingerprint density at radius 2 is 1.74 bits per heavy atom. The van der Waals surface area contributed by atoms with Gasteiger partial charge in [0.1, 0.15) is 11.4 Å². The van der Waals surface area contributed by atoms with Gasteiger partial charge in [-0.15, -0.1) is 0 Å². The van der Waals surface area contributed by atoms with Crippen molar-refractivity contribution >= 4 is 11.4 Å². The van der Waals surface area contributed by atoms with Crippen LogP contribution >= 0.6 is 0 Å². The normalized spacial score (nSPS) is 17.3. The Kier molecular flexibility index (Phi) is 7.53. The summed E-state index contributed by atoms with van der Waals surface area (Å²) in [5, 5.41) is 24.2. The van der Waals surface area contributed by atoms with E-state index in [1.807, 2.05) is 4.90 Å². The number of hydrogen-bond donors (Lipinski definition) is 3.